The Bertz CT molecular complexity index is 297. The van der Waals surface area contributed by atoms with Gasteiger partial charge in [-0.3, -0.25) is 4.79 Å². The van der Waals surface area contributed by atoms with E-state index in [1.165, 1.54) is 0 Å². The zero-order valence-electron chi connectivity index (χ0n) is 11.3. The van der Waals surface area contributed by atoms with Gasteiger partial charge >= 0.3 is 12.1 Å². The van der Waals surface area contributed by atoms with Gasteiger partial charge in [0.15, 0.2) is 0 Å². The SMILES string of the molecule is CCOC(=O)CC1CC(NCC(F)(F)F)CN(C)C1. The van der Waals surface area contributed by atoms with Crippen molar-refractivity contribution in [1.29, 1.82) is 0 Å². The topological polar surface area (TPSA) is 41.6 Å². The summed E-state index contributed by atoms with van der Waals surface area (Å²) in [7, 11) is 1.85. The Morgan fingerprint density at radius 2 is 2.11 bits per heavy atom. The molecule has 1 N–H and O–H groups in total. The van der Waals surface area contributed by atoms with Crippen LogP contribution >= 0.6 is 0 Å². The summed E-state index contributed by atoms with van der Waals surface area (Å²) in [4.78, 5) is 13.3. The molecule has 0 spiro atoms. The van der Waals surface area contributed by atoms with Crippen molar-refractivity contribution in [1.82, 2.24) is 10.2 Å². The second-order valence-corrected chi connectivity index (χ2v) is 5.03. The molecule has 0 bridgehead atoms. The molecular weight excluding hydrogens is 261 g/mol. The first kappa shape index (κ1) is 16.2. The lowest BCUT2D eigenvalue weighted by molar-refractivity contribution is -0.145. The van der Waals surface area contributed by atoms with Crippen LogP contribution in [0.1, 0.15) is 19.8 Å². The molecule has 1 fully saturated rings. The molecule has 4 nitrogen and oxygen atoms in total. The second-order valence-electron chi connectivity index (χ2n) is 5.03. The minimum absolute atomic E-state index is 0.0449. The normalized spacial score (nSPS) is 25.3. The van der Waals surface area contributed by atoms with Gasteiger partial charge in [-0.1, -0.05) is 0 Å². The van der Waals surface area contributed by atoms with Gasteiger partial charge in [0.05, 0.1) is 13.2 Å². The molecule has 0 aliphatic carbocycles. The standard InChI is InChI=1S/C12H21F3N2O2/c1-3-19-11(18)5-9-4-10(7-17(2)6-9)16-8-12(13,14)15/h9-10,16H,3-8H2,1-2H3. The molecule has 0 amide bonds. The summed E-state index contributed by atoms with van der Waals surface area (Å²) < 4.78 is 41.4. The Kier molecular flexibility index (Phi) is 6.06. The van der Waals surface area contributed by atoms with E-state index in [1.54, 1.807) is 6.92 Å². The van der Waals surface area contributed by atoms with Crippen LogP contribution in [0, 0.1) is 5.92 Å². The van der Waals surface area contributed by atoms with E-state index in [0.717, 1.165) is 0 Å². The third kappa shape index (κ3) is 6.77. The number of carbonyl (C=O) groups is 1. The molecule has 0 aromatic carbocycles. The maximum atomic E-state index is 12.2. The Labute approximate surface area is 111 Å². The molecule has 1 rings (SSSR count). The number of alkyl halides is 3. The molecule has 1 aliphatic rings. The number of hydrogen-bond donors (Lipinski definition) is 1. The molecule has 0 saturated carbocycles. The van der Waals surface area contributed by atoms with Gasteiger partial charge in [0.25, 0.3) is 0 Å². The fraction of sp³-hybridized carbons (Fsp3) is 0.917. The van der Waals surface area contributed by atoms with Gasteiger partial charge in [0, 0.05) is 25.6 Å². The van der Waals surface area contributed by atoms with Crippen molar-refractivity contribution in [3.63, 3.8) is 0 Å². The van der Waals surface area contributed by atoms with E-state index in [9.17, 15) is 18.0 Å². The van der Waals surface area contributed by atoms with Crippen molar-refractivity contribution in [2.75, 3.05) is 33.3 Å². The molecule has 0 aromatic rings. The van der Waals surface area contributed by atoms with E-state index in [0.29, 0.717) is 26.1 Å². The lowest BCUT2D eigenvalue weighted by Gasteiger charge is -2.36. The van der Waals surface area contributed by atoms with Crippen LogP contribution in [0.2, 0.25) is 0 Å². The Morgan fingerprint density at radius 3 is 2.68 bits per heavy atom. The van der Waals surface area contributed by atoms with Crippen LogP contribution < -0.4 is 5.32 Å². The van der Waals surface area contributed by atoms with Gasteiger partial charge in [-0.25, -0.2) is 0 Å². The van der Waals surface area contributed by atoms with Crippen molar-refractivity contribution in [2.45, 2.75) is 32.0 Å². The number of nitrogens with zero attached hydrogens (tertiary/aromatic N) is 1. The van der Waals surface area contributed by atoms with Gasteiger partial charge in [0.2, 0.25) is 0 Å². The van der Waals surface area contributed by atoms with Gasteiger partial charge < -0.3 is 15.0 Å². The second kappa shape index (κ2) is 7.09. The number of carbonyl (C=O) groups excluding carboxylic acids is 1. The number of piperidine rings is 1. The largest absolute Gasteiger partial charge is 0.466 e. The quantitative estimate of drug-likeness (QED) is 0.774. The van der Waals surface area contributed by atoms with Crippen LogP contribution in [-0.4, -0.2) is 56.4 Å². The molecule has 2 unspecified atom stereocenters. The number of rotatable bonds is 5. The van der Waals surface area contributed by atoms with Gasteiger partial charge in [0.1, 0.15) is 0 Å². The summed E-state index contributed by atoms with van der Waals surface area (Å²) >= 11 is 0. The fourth-order valence-corrected chi connectivity index (χ4v) is 2.45. The molecule has 1 aliphatic heterocycles. The summed E-state index contributed by atoms with van der Waals surface area (Å²) in [5.41, 5.74) is 0. The number of hydrogen-bond acceptors (Lipinski definition) is 4. The number of nitrogens with one attached hydrogen (secondary N) is 1. The summed E-state index contributed by atoms with van der Waals surface area (Å²) in [5, 5.41) is 2.51. The molecule has 7 heteroatoms. The Balaban J connectivity index is 2.41. The highest BCUT2D eigenvalue weighted by atomic mass is 19.4. The van der Waals surface area contributed by atoms with Crippen molar-refractivity contribution < 1.29 is 22.7 Å². The minimum Gasteiger partial charge on any atom is -0.466 e. The predicted octanol–water partition coefficient (Wildman–Crippen LogP) is 1.41. The first-order valence-electron chi connectivity index (χ1n) is 6.44. The third-order valence-corrected chi connectivity index (χ3v) is 3.07. The molecular formula is C12H21F3N2O2. The molecule has 0 aromatic heterocycles. The number of ether oxygens (including phenoxy) is 1. The predicted molar refractivity (Wildman–Crippen MR) is 64.7 cm³/mol. The van der Waals surface area contributed by atoms with Gasteiger partial charge in [-0.15, -0.1) is 0 Å². The van der Waals surface area contributed by atoms with Crippen molar-refractivity contribution in [2.24, 2.45) is 5.92 Å². The van der Waals surface area contributed by atoms with Crippen LogP contribution in [0.25, 0.3) is 0 Å². The van der Waals surface area contributed by atoms with E-state index in [-0.39, 0.29) is 24.3 Å². The smallest absolute Gasteiger partial charge is 0.401 e. The zero-order valence-corrected chi connectivity index (χ0v) is 11.3. The Hall–Kier alpha value is -0.820. The molecule has 2 atom stereocenters. The summed E-state index contributed by atoms with van der Waals surface area (Å²) in [6, 6.07) is -0.236. The van der Waals surface area contributed by atoms with E-state index in [4.69, 9.17) is 4.74 Å². The number of esters is 1. The zero-order chi connectivity index (χ0) is 14.5. The first-order chi connectivity index (χ1) is 8.80. The van der Waals surface area contributed by atoms with E-state index in [2.05, 4.69) is 5.32 Å². The number of likely N-dealkylation sites (tertiary alicyclic amines) is 1. The van der Waals surface area contributed by atoms with Gasteiger partial charge in [-0.2, -0.15) is 13.2 Å². The lowest BCUT2D eigenvalue weighted by atomic mass is 9.92. The van der Waals surface area contributed by atoms with Crippen LogP contribution in [0.5, 0.6) is 0 Å². The fourth-order valence-electron chi connectivity index (χ4n) is 2.45. The average molecular weight is 282 g/mol. The molecule has 19 heavy (non-hydrogen) atoms. The van der Waals surface area contributed by atoms with E-state index >= 15 is 0 Å². The molecule has 1 saturated heterocycles. The highest BCUT2D eigenvalue weighted by Crippen LogP contribution is 2.21. The van der Waals surface area contributed by atoms with E-state index < -0.39 is 12.7 Å². The monoisotopic (exact) mass is 282 g/mol. The van der Waals surface area contributed by atoms with E-state index in [1.807, 2.05) is 11.9 Å². The summed E-state index contributed by atoms with van der Waals surface area (Å²) in [6.45, 7) is 2.35. The summed E-state index contributed by atoms with van der Waals surface area (Å²) in [6.07, 6.45) is -3.37. The van der Waals surface area contributed by atoms with Crippen LogP contribution in [0.4, 0.5) is 13.2 Å². The van der Waals surface area contributed by atoms with Gasteiger partial charge in [-0.05, 0) is 26.3 Å². The third-order valence-electron chi connectivity index (χ3n) is 3.07. The average Bonchev–Trinajstić information content (AvgIpc) is 2.25. The Morgan fingerprint density at radius 1 is 1.42 bits per heavy atom. The highest BCUT2D eigenvalue weighted by molar-refractivity contribution is 5.69. The van der Waals surface area contributed by atoms with Crippen molar-refractivity contribution in [3.05, 3.63) is 0 Å². The minimum atomic E-state index is -4.20. The number of halogens is 3. The molecule has 1 heterocycles. The van der Waals surface area contributed by atoms with Crippen LogP contribution in [0.3, 0.4) is 0 Å². The maximum Gasteiger partial charge on any atom is 0.401 e. The maximum absolute atomic E-state index is 12.2. The first-order valence-corrected chi connectivity index (χ1v) is 6.44. The highest BCUT2D eigenvalue weighted by Gasteiger charge is 2.32. The van der Waals surface area contributed by atoms with Crippen LogP contribution in [0.15, 0.2) is 0 Å². The van der Waals surface area contributed by atoms with Crippen LogP contribution in [-0.2, 0) is 9.53 Å². The molecule has 112 valence electrons. The van der Waals surface area contributed by atoms with Crippen molar-refractivity contribution >= 4 is 5.97 Å². The number of likely N-dealkylation sites (N-methyl/N-ethyl adjacent to an activating group) is 1. The summed E-state index contributed by atoms with van der Waals surface area (Å²) in [5.74, 6) is -0.235. The molecule has 0 radical (unpaired) electrons. The van der Waals surface area contributed by atoms with Crippen molar-refractivity contribution in [3.8, 4) is 0 Å². The lowest BCUT2D eigenvalue weighted by Crippen LogP contribution is -2.50.